The quantitative estimate of drug-likeness (QED) is 0.457. The highest BCUT2D eigenvalue weighted by atomic mass is 15.3. The zero-order valence-corrected chi connectivity index (χ0v) is 17.3. The minimum atomic E-state index is 0.152. The minimum Gasteiger partial charge on any atom is -0.368 e. The van der Waals surface area contributed by atoms with Crippen molar-refractivity contribution in [3.8, 4) is 0 Å². The third-order valence-corrected chi connectivity index (χ3v) is 4.73. The van der Waals surface area contributed by atoms with Gasteiger partial charge in [-0.1, -0.05) is 53.1 Å². The Bertz CT molecular complexity index is 1090. The molecule has 0 bridgehead atoms. The first-order valence-corrected chi connectivity index (χ1v) is 9.77. The van der Waals surface area contributed by atoms with E-state index in [0.29, 0.717) is 11.9 Å². The number of benzene rings is 3. The number of anilines is 6. The van der Waals surface area contributed by atoms with Crippen LogP contribution in [-0.2, 0) is 0 Å². The summed E-state index contributed by atoms with van der Waals surface area (Å²) < 4.78 is 0. The van der Waals surface area contributed by atoms with Crippen molar-refractivity contribution in [1.82, 2.24) is 15.0 Å². The fraction of sp³-hybridized carbons (Fsp3) is 0.125. The summed E-state index contributed by atoms with van der Waals surface area (Å²) in [5.41, 5.74) is 12.4. The van der Waals surface area contributed by atoms with Crippen LogP contribution in [0.25, 0.3) is 0 Å². The Balaban J connectivity index is 1.77. The molecule has 6 nitrogen and oxygen atoms in total. The highest BCUT2D eigenvalue weighted by molar-refractivity contribution is 5.73. The van der Waals surface area contributed by atoms with Crippen LogP contribution in [0.1, 0.15) is 16.7 Å². The maximum atomic E-state index is 6.05. The van der Waals surface area contributed by atoms with Crippen molar-refractivity contribution in [2.75, 3.05) is 16.0 Å². The van der Waals surface area contributed by atoms with Crippen molar-refractivity contribution in [3.63, 3.8) is 0 Å². The molecule has 0 unspecified atom stereocenters. The van der Waals surface area contributed by atoms with Crippen molar-refractivity contribution in [2.45, 2.75) is 20.8 Å². The van der Waals surface area contributed by atoms with E-state index < -0.39 is 0 Å². The molecule has 0 amide bonds. The molecular weight excluding hydrogens is 372 g/mol. The molecule has 0 aliphatic rings. The molecule has 0 saturated carbocycles. The van der Waals surface area contributed by atoms with Crippen LogP contribution in [0.5, 0.6) is 0 Å². The lowest BCUT2D eigenvalue weighted by Crippen LogP contribution is -2.16. The van der Waals surface area contributed by atoms with E-state index in [1.807, 2.05) is 60.4 Å². The number of aryl methyl sites for hydroxylation is 3. The van der Waals surface area contributed by atoms with E-state index in [2.05, 4.69) is 58.4 Å². The number of rotatable bonds is 5. The molecule has 3 N–H and O–H groups in total. The van der Waals surface area contributed by atoms with Crippen LogP contribution in [0.2, 0.25) is 0 Å². The number of hydrogen-bond donors (Lipinski definition) is 2. The Labute approximate surface area is 176 Å². The van der Waals surface area contributed by atoms with Gasteiger partial charge < -0.3 is 11.1 Å². The monoisotopic (exact) mass is 396 g/mol. The lowest BCUT2D eigenvalue weighted by Gasteiger charge is -2.24. The van der Waals surface area contributed by atoms with Gasteiger partial charge in [0.2, 0.25) is 17.8 Å². The molecular formula is C24H24N6. The van der Waals surface area contributed by atoms with Crippen LogP contribution in [0.4, 0.5) is 34.9 Å². The number of nitrogens with one attached hydrogen (secondary N) is 1. The minimum absolute atomic E-state index is 0.152. The van der Waals surface area contributed by atoms with Gasteiger partial charge in [-0.25, -0.2) is 0 Å². The molecule has 0 saturated heterocycles. The highest BCUT2D eigenvalue weighted by Gasteiger charge is 2.17. The number of aromatic nitrogens is 3. The Hall–Kier alpha value is -3.93. The molecule has 1 heterocycles. The number of nitrogens with zero attached hydrogens (tertiary/aromatic N) is 4. The lowest BCUT2D eigenvalue weighted by atomic mass is 10.2. The van der Waals surface area contributed by atoms with Crippen molar-refractivity contribution in [2.24, 2.45) is 0 Å². The molecule has 0 aliphatic carbocycles. The zero-order valence-electron chi connectivity index (χ0n) is 17.3. The highest BCUT2D eigenvalue weighted by Crippen LogP contribution is 2.33. The summed E-state index contributed by atoms with van der Waals surface area (Å²) in [7, 11) is 0. The summed E-state index contributed by atoms with van der Waals surface area (Å²) in [5.74, 6) is 0.995. The molecule has 0 atom stereocenters. The largest absolute Gasteiger partial charge is 0.368 e. The van der Waals surface area contributed by atoms with Gasteiger partial charge in [-0.2, -0.15) is 15.0 Å². The summed E-state index contributed by atoms with van der Waals surface area (Å²) in [6.45, 7) is 6.17. The second-order valence-electron chi connectivity index (χ2n) is 7.31. The molecule has 1 aromatic heterocycles. The van der Waals surface area contributed by atoms with Crippen LogP contribution < -0.4 is 16.0 Å². The average molecular weight is 396 g/mol. The molecule has 0 radical (unpaired) electrons. The van der Waals surface area contributed by atoms with Gasteiger partial charge in [0.1, 0.15) is 0 Å². The Morgan fingerprint density at radius 2 is 1.10 bits per heavy atom. The SMILES string of the molecule is Cc1ccc(Nc2nc(N)nc(N(c3ccc(C)cc3)c3ccc(C)cc3)n2)cc1. The van der Waals surface area contributed by atoms with E-state index in [4.69, 9.17) is 5.73 Å². The first-order chi connectivity index (χ1) is 14.5. The summed E-state index contributed by atoms with van der Waals surface area (Å²) >= 11 is 0. The Morgan fingerprint density at radius 3 is 1.60 bits per heavy atom. The standard InChI is InChI=1S/C24H24N6/c1-16-4-10-19(11-5-16)26-23-27-22(25)28-24(29-23)30(20-12-6-17(2)7-13-20)21-14-8-18(3)9-15-21/h4-15H,1-3H3,(H3,25,26,27,28,29). The molecule has 4 aromatic rings. The maximum absolute atomic E-state index is 6.05. The molecule has 0 spiro atoms. The van der Waals surface area contributed by atoms with Crippen LogP contribution in [0.3, 0.4) is 0 Å². The lowest BCUT2D eigenvalue weighted by molar-refractivity contribution is 1.02. The topological polar surface area (TPSA) is 80.0 Å². The summed E-state index contributed by atoms with van der Waals surface area (Å²) in [6, 6.07) is 24.4. The van der Waals surface area contributed by atoms with E-state index in [9.17, 15) is 0 Å². The third kappa shape index (κ3) is 4.38. The molecule has 3 aromatic carbocycles. The van der Waals surface area contributed by atoms with E-state index in [1.165, 1.54) is 16.7 Å². The van der Waals surface area contributed by atoms with Gasteiger partial charge >= 0.3 is 0 Å². The van der Waals surface area contributed by atoms with Gasteiger partial charge in [-0.05, 0) is 57.2 Å². The van der Waals surface area contributed by atoms with Gasteiger partial charge in [0.15, 0.2) is 0 Å². The molecule has 150 valence electrons. The fourth-order valence-corrected chi connectivity index (χ4v) is 3.07. The second-order valence-corrected chi connectivity index (χ2v) is 7.31. The summed E-state index contributed by atoms with van der Waals surface area (Å²) in [5, 5.41) is 3.22. The van der Waals surface area contributed by atoms with E-state index in [-0.39, 0.29) is 5.95 Å². The van der Waals surface area contributed by atoms with Gasteiger partial charge in [-0.3, -0.25) is 4.90 Å². The first kappa shape index (κ1) is 19.4. The Morgan fingerprint density at radius 1 is 0.633 bits per heavy atom. The zero-order chi connectivity index (χ0) is 21.1. The van der Waals surface area contributed by atoms with Crippen molar-refractivity contribution in [3.05, 3.63) is 89.5 Å². The Kier molecular flexibility index (Phi) is 5.30. The molecule has 30 heavy (non-hydrogen) atoms. The van der Waals surface area contributed by atoms with Crippen LogP contribution in [-0.4, -0.2) is 15.0 Å². The van der Waals surface area contributed by atoms with Gasteiger partial charge in [-0.15, -0.1) is 0 Å². The van der Waals surface area contributed by atoms with Gasteiger partial charge in [0.05, 0.1) is 0 Å². The third-order valence-electron chi connectivity index (χ3n) is 4.73. The molecule has 4 rings (SSSR count). The first-order valence-electron chi connectivity index (χ1n) is 9.77. The molecule has 0 aliphatic heterocycles. The van der Waals surface area contributed by atoms with Gasteiger partial charge in [0, 0.05) is 17.1 Å². The summed E-state index contributed by atoms with van der Waals surface area (Å²) in [6.07, 6.45) is 0. The second kappa shape index (κ2) is 8.21. The number of hydrogen-bond acceptors (Lipinski definition) is 6. The fourth-order valence-electron chi connectivity index (χ4n) is 3.07. The van der Waals surface area contributed by atoms with Gasteiger partial charge in [0.25, 0.3) is 0 Å². The molecule has 0 fully saturated rings. The smallest absolute Gasteiger partial charge is 0.241 e. The number of nitrogens with two attached hydrogens (primary N) is 1. The predicted molar refractivity (Wildman–Crippen MR) is 123 cm³/mol. The van der Waals surface area contributed by atoms with Crippen LogP contribution in [0.15, 0.2) is 72.8 Å². The van der Waals surface area contributed by atoms with Crippen molar-refractivity contribution in [1.29, 1.82) is 0 Å². The average Bonchev–Trinajstić information content (AvgIpc) is 2.72. The number of nitrogen functional groups attached to an aromatic ring is 1. The van der Waals surface area contributed by atoms with Crippen LogP contribution in [0, 0.1) is 20.8 Å². The van der Waals surface area contributed by atoms with E-state index in [0.717, 1.165) is 17.1 Å². The van der Waals surface area contributed by atoms with E-state index >= 15 is 0 Å². The van der Waals surface area contributed by atoms with E-state index in [1.54, 1.807) is 0 Å². The van der Waals surface area contributed by atoms with Crippen molar-refractivity contribution < 1.29 is 0 Å². The normalized spacial score (nSPS) is 10.6. The maximum Gasteiger partial charge on any atom is 0.241 e. The van der Waals surface area contributed by atoms with Crippen LogP contribution >= 0.6 is 0 Å². The summed E-state index contributed by atoms with van der Waals surface area (Å²) in [4.78, 5) is 15.3. The predicted octanol–water partition coefficient (Wildman–Crippen LogP) is 5.59. The van der Waals surface area contributed by atoms with Crippen molar-refractivity contribution >= 4 is 34.9 Å². The molecule has 6 heteroatoms.